The smallest absolute Gasteiger partial charge is 0.126 e. The monoisotopic (exact) mass is 358 g/mol. The minimum Gasteiger partial charge on any atom is -0.233 e. The van der Waals surface area contributed by atoms with Crippen LogP contribution >= 0.6 is 27.5 Å². The van der Waals surface area contributed by atoms with Crippen LogP contribution in [0, 0.1) is 6.92 Å². The van der Waals surface area contributed by atoms with Crippen molar-refractivity contribution in [2.24, 2.45) is 0 Å². The summed E-state index contributed by atoms with van der Waals surface area (Å²) in [7, 11) is 0. The van der Waals surface area contributed by atoms with Gasteiger partial charge in [-0.1, -0.05) is 51.8 Å². The number of benzene rings is 2. The average molecular weight is 360 g/mol. The molecule has 4 heteroatoms. The molecule has 0 atom stereocenters. The van der Waals surface area contributed by atoms with E-state index in [0.29, 0.717) is 0 Å². The van der Waals surface area contributed by atoms with E-state index in [4.69, 9.17) is 11.6 Å². The molecule has 1 heterocycles. The number of hydrogen-bond acceptors (Lipinski definition) is 2. The van der Waals surface area contributed by atoms with Crippen molar-refractivity contribution in [3.63, 3.8) is 0 Å². The second-order valence-corrected chi connectivity index (χ2v) is 6.05. The first kappa shape index (κ1) is 14.2. The van der Waals surface area contributed by atoms with Crippen LogP contribution in [0.5, 0.6) is 0 Å². The largest absolute Gasteiger partial charge is 0.233 e. The topological polar surface area (TPSA) is 25.8 Å². The van der Waals surface area contributed by atoms with Crippen molar-refractivity contribution in [2.45, 2.75) is 6.92 Å². The SMILES string of the molecule is Cc1nc(-c2ccc(Cl)cc2)cc(-c2ccc(Br)cc2)n1. The third-order valence-corrected chi connectivity index (χ3v) is 3.90. The van der Waals surface area contributed by atoms with Crippen molar-refractivity contribution in [3.8, 4) is 22.5 Å². The fourth-order valence-electron chi connectivity index (χ4n) is 2.10. The van der Waals surface area contributed by atoms with Gasteiger partial charge < -0.3 is 0 Å². The standard InChI is InChI=1S/C17H12BrClN2/c1-11-20-16(12-2-6-14(18)7-3-12)10-17(21-11)13-4-8-15(19)9-5-13/h2-10H,1H3. The molecule has 0 unspecified atom stereocenters. The van der Waals surface area contributed by atoms with Gasteiger partial charge in [-0.3, -0.25) is 0 Å². The molecular formula is C17H12BrClN2. The van der Waals surface area contributed by atoms with Crippen molar-refractivity contribution in [2.75, 3.05) is 0 Å². The Kier molecular flexibility index (Phi) is 4.04. The lowest BCUT2D eigenvalue weighted by Crippen LogP contribution is -1.94. The molecule has 2 nitrogen and oxygen atoms in total. The van der Waals surface area contributed by atoms with Crippen LogP contribution in [0.15, 0.2) is 59.1 Å². The number of hydrogen-bond donors (Lipinski definition) is 0. The van der Waals surface area contributed by atoms with Crippen LogP contribution in [0.4, 0.5) is 0 Å². The second kappa shape index (κ2) is 5.96. The highest BCUT2D eigenvalue weighted by Crippen LogP contribution is 2.25. The van der Waals surface area contributed by atoms with Crippen molar-refractivity contribution in [1.82, 2.24) is 9.97 Å². The molecule has 2 aromatic carbocycles. The number of rotatable bonds is 2. The molecule has 0 saturated heterocycles. The van der Waals surface area contributed by atoms with E-state index in [0.717, 1.165) is 37.8 Å². The lowest BCUT2D eigenvalue weighted by atomic mass is 10.1. The van der Waals surface area contributed by atoms with Crippen LogP contribution in [0.3, 0.4) is 0 Å². The van der Waals surface area contributed by atoms with Crippen LogP contribution < -0.4 is 0 Å². The Labute approximate surface area is 137 Å². The van der Waals surface area contributed by atoms with Crippen molar-refractivity contribution >= 4 is 27.5 Å². The first-order chi connectivity index (χ1) is 10.1. The van der Waals surface area contributed by atoms with Crippen LogP contribution in [0.25, 0.3) is 22.5 Å². The Morgan fingerprint density at radius 2 is 1.29 bits per heavy atom. The molecule has 0 aliphatic rings. The Morgan fingerprint density at radius 3 is 1.81 bits per heavy atom. The Morgan fingerprint density at radius 1 is 0.810 bits per heavy atom. The van der Waals surface area contributed by atoms with Crippen molar-refractivity contribution in [3.05, 3.63) is 69.9 Å². The maximum Gasteiger partial charge on any atom is 0.126 e. The van der Waals surface area contributed by atoms with Gasteiger partial charge in [-0.25, -0.2) is 9.97 Å². The Bertz CT molecular complexity index is 704. The van der Waals surface area contributed by atoms with E-state index >= 15 is 0 Å². The average Bonchev–Trinajstić information content (AvgIpc) is 2.48. The molecule has 3 aromatic rings. The van der Waals surface area contributed by atoms with Gasteiger partial charge in [0.1, 0.15) is 5.82 Å². The fraction of sp³-hybridized carbons (Fsp3) is 0.0588. The molecular weight excluding hydrogens is 348 g/mol. The van der Waals surface area contributed by atoms with Crippen LogP contribution in [-0.2, 0) is 0 Å². The predicted octanol–water partition coefficient (Wildman–Crippen LogP) is 5.53. The quantitative estimate of drug-likeness (QED) is 0.601. The summed E-state index contributed by atoms with van der Waals surface area (Å²) in [6.45, 7) is 1.90. The molecule has 0 amide bonds. The van der Waals surface area contributed by atoms with Gasteiger partial charge in [0.05, 0.1) is 11.4 Å². The zero-order chi connectivity index (χ0) is 14.8. The van der Waals surface area contributed by atoms with Crippen molar-refractivity contribution < 1.29 is 0 Å². The predicted molar refractivity (Wildman–Crippen MR) is 90.4 cm³/mol. The van der Waals surface area contributed by atoms with E-state index in [-0.39, 0.29) is 0 Å². The molecule has 0 spiro atoms. The normalized spacial score (nSPS) is 10.6. The highest BCUT2D eigenvalue weighted by atomic mass is 79.9. The van der Waals surface area contributed by atoms with Crippen molar-refractivity contribution in [1.29, 1.82) is 0 Å². The minimum atomic E-state index is 0.720. The molecule has 0 fully saturated rings. The van der Waals surface area contributed by atoms with E-state index in [9.17, 15) is 0 Å². The summed E-state index contributed by atoms with van der Waals surface area (Å²) in [4.78, 5) is 9.04. The molecule has 0 saturated carbocycles. The lowest BCUT2D eigenvalue weighted by molar-refractivity contribution is 1.06. The number of nitrogens with zero attached hydrogens (tertiary/aromatic N) is 2. The van der Waals surface area contributed by atoms with Crippen LogP contribution in [0.1, 0.15) is 5.82 Å². The van der Waals surface area contributed by atoms with E-state index in [1.54, 1.807) is 0 Å². The van der Waals surface area contributed by atoms with Gasteiger partial charge in [-0.05, 0) is 37.3 Å². The van der Waals surface area contributed by atoms with Gasteiger partial charge in [0.2, 0.25) is 0 Å². The third-order valence-electron chi connectivity index (χ3n) is 3.12. The third kappa shape index (κ3) is 3.31. The number of aromatic nitrogens is 2. The minimum absolute atomic E-state index is 0.720. The number of aryl methyl sites for hydroxylation is 1. The summed E-state index contributed by atoms with van der Waals surface area (Å²) in [5.74, 6) is 0.750. The summed E-state index contributed by atoms with van der Waals surface area (Å²) >= 11 is 9.38. The molecule has 104 valence electrons. The maximum absolute atomic E-state index is 5.94. The highest BCUT2D eigenvalue weighted by Gasteiger charge is 2.06. The summed E-state index contributed by atoms with van der Waals surface area (Å²) in [5.41, 5.74) is 3.92. The van der Waals surface area contributed by atoms with E-state index < -0.39 is 0 Å². The van der Waals surface area contributed by atoms with Gasteiger partial charge in [0.15, 0.2) is 0 Å². The zero-order valence-electron chi connectivity index (χ0n) is 11.3. The molecule has 21 heavy (non-hydrogen) atoms. The molecule has 0 aliphatic carbocycles. The van der Waals surface area contributed by atoms with Gasteiger partial charge in [-0.15, -0.1) is 0 Å². The van der Waals surface area contributed by atoms with E-state index in [2.05, 4.69) is 25.9 Å². The van der Waals surface area contributed by atoms with Gasteiger partial charge in [-0.2, -0.15) is 0 Å². The summed E-state index contributed by atoms with van der Waals surface area (Å²) in [6, 6.07) is 17.8. The molecule has 0 aliphatic heterocycles. The molecule has 3 rings (SSSR count). The molecule has 1 aromatic heterocycles. The second-order valence-electron chi connectivity index (χ2n) is 4.70. The van der Waals surface area contributed by atoms with Crippen LogP contribution in [0.2, 0.25) is 5.02 Å². The van der Waals surface area contributed by atoms with Gasteiger partial charge >= 0.3 is 0 Å². The van der Waals surface area contributed by atoms with Gasteiger partial charge in [0, 0.05) is 20.6 Å². The van der Waals surface area contributed by atoms with E-state index in [1.807, 2.05) is 61.5 Å². The highest BCUT2D eigenvalue weighted by molar-refractivity contribution is 9.10. The maximum atomic E-state index is 5.94. The Hall–Kier alpha value is -1.71. The Balaban J connectivity index is 2.07. The first-order valence-electron chi connectivity index (χ1n) is 6.49. The zero-order valence-corrected chi connectivity index (χ0v) is 13.7. The first-order valence-corrected chi connectivity index (χ1v) is 7.66. The summed E-state index contributed by atoms with van der Waals surface area (Å²) in [6.07, 6.45) is 0. The van der Waals surface area contributed by atoms with E-state index in [1.165, 1.54) is 0 Å². The molecule has 0 radical (unpaired) electrons. The molecule has 0 bridgehead atoms. The number of halogens is 2. The van der Waals surface area contributed by atoms with Crippen LogP contribution in [-0.4, -0.2) is 9.97 Å². The fourth-order valence-corrected chi connectivity index (χ4v) is 2.50. The summed E-state index contributed by atoms with van der Waals surface area (Å²) in [5, 5.41) is 0.720. The molecule has 0 N–H and O–H groups in total. The summed E-state index contributed by atoms with van der Waals surface area (Å²) < 4.78 is 1.05. The van der Waals surface area contributed by atoms with Gasteiger partial charge in [0.25, 0.3) is 0 Å². The lowest BCUT2D eigenvalue weighted by Gasteiger charge is -2.07.